The summed E-state index contributed by atoms with van der Waals surface area (Å²) >= 11 is 0. The maximum atomic E-state index is 13.9. The van der Waals surface area contributed by atoms with Crippen LogP contribution in [0.2, 0.25) is 0 Å². The number of nitrogens with zero attached hydrogens (tertiary/aromatic N) is 5. The number of rotatable bonds is 8. The van der Waals surface area contributed by atoms with Crippen LogP contribution >= 0.6 is 0 Å². The molecular formula is C34H40N6O2Si. The number of nitrogens with one attached hydrogen (secondary N) is 1. The molecule has 1 aliphatic carbocycles. The van der Waals surface area contributed by atoms with E-state index in [0.717, 1.165) is 87.6 Å². The van der Waals surface area contributed by atoms with Crippen molar-refractivity contribution in [2.24, 2.45) is 0 Å². The molecule has 1 saturated carbocycles. The molecule has 4 heterocycles. The first-order valence-corrected chi connectivity index (χ1v) is 16.8. The highest BCUT2D eigenvalue weighted by molar-refractivity contribution is 6.11. The summed E-state index contributed by atoms with van der Waals surface area (Å²) in [5, 5.41) is 4.50. The lowest BCUT2D eigenvalue weighted by atomic mass is 9.94. The van der Waals surface area contributed by atoms with E-state index in [0.29, 0.717) is 11.6 Å². The lowest BCUT2D eigenvalue weighted by molar-refractivity contribution is 0.0562. The molecule has 4 aromatic rings. The first kappa shape index (κ1) is 28.0. The van der Waals surface area contributed by atoms with Gasteiger partial charge in [0.1, 0.15) is 5.75 Å². The first-order chi connectivity index (χ1) is 20.9. The standard InChI is InChI=1S/C34H40N6O2Si/c1-22-8-9-25(42-32(43)30-10-16-39(30)2)19-27(22)31(41)38-34(11-12-34)28-17-23(18-29-26(28)7-6-13-35-29)24-20-36-33(37-21-24)40-14-4-3-5-15-40/h6-9,13,17-21,30,32H,3-5,10-12,14-16H2,1-2,43H3,(H,38,41)/t30-,32?/m0/s1. The maximum absolute atomic E-state index is 13.9. The van der Waals surface area contributed by atoms with Crippen LogP contribution in [0.3, 0.4) is 0 Å². The fourth-order valence-electron chi connectivity index (χ4n) is 6.69. The van der Waals surface area contributed by atoms with Gasteiger partial charge in [0.2, 0.25) is 5.95 Å². The molecule has 2 saturated heterocycles. The molecule has 0 radical (unpaired) electrons. The molecule has 43 heavy (non-hydrogen) atoms. The Morgan fingerprint density at radius 1 is 1.02 bits per heavy atom. The Balaban J connectivity index is 1.16. The van der Waals surface area contributed by atoms with Gasteiger partial charge in [0.15, 0.2) is 0 Å². The Morgan fingerprint density at radius 3 is 2.51 bits per heavy atom. The van der Waals surface area contributed by atoms with Crippen LogP contribution in [0.15, 0.2) is 61.1 Å². The number of carbonyl (C=O) groups is 1. The van der Waals surface area contributed by atoms with E-state index in [-0.39, 0.29) is 11.6 Å². The molecule has 7 rings (SSSR count). The van der Waals surface area contributed by atoms with Gasteiger partial charge in [-0.15, -0.1) is 0 Å². The second-order valence-electron chi connectivity index (χ2n) is 12.6. The molecule has 1 unspecified atom stereocenters. The average Bonchev–Trinajstić information content (AvgIpc) is 3.81. The molecule has 2 aromatic carbocycles. The van der Waals surface area contributed by atoms with Crippen molar-refractivity contribution in [1.29, 1.82) is 0 Å². The van der Waals surface area contributed by atoms with Gasteiger partial charge in [-0.3, -0.25) is 9.78 Å². The summed E-state index contributed by atoms with van der Waals surface area (Å²) in [6.07, 6.45) is 12.2. The van der Waals surface area contributed by atoms with Crippen molar-refractivity contribution in [1.82, 2.24) is 25.2 Å². The number of amides is 1. The molecule has 8 nitrogen and oxygen atoms in total. The van der Waals surface area contributed by atoms with Crippen molar-refractivity contribution in [3.63, 3.8) is 0 Å². The lowest BCUT2D eigenvalue weighted by Crippen LogP contribution is -2.53. The van der Waals surface area contributed by atoms with Gasteiger partial charge in [0.25, 0.3) is 5.91 Å². The Morgan fingerprint density at radius 2 is 1.81 bits per heavy atom. The van der Waals surface area contributed by atoms with Crippen molar-refractivity contribution in [3.8, 4) is 16.9 Å². The van der Waals surface area contributed by atoms with Crippen LogP contribution in [0, 0.1) is 6.92 Å². The van der Waals surface area contributed by atoms with Crippen molar-refractivity contribution in [2.75, 3.05) is 31.6 Å². The molecule has 0 spiro atoms. The van der Waals surface area contributed by atoms with E-state index < -0.39 is 5.54 Å². The second-order valence-corrected chi connectivity index (χ2v) is 13.7. The highest BCUT2D eigenvalue weighted by atomic mass is 28.1. The molecule has 2 aromatic heterocycles. The fourth-order valence-corrected chi connectivity index (χ4v) is 7.80. The summed E-state index contributed by atoms with van der Waals surface area (Å²) in [7, 11) is 3.09. The highest BCUT2D eigenvalue weighted by Crippen LogP contribution is 2.49. The van der Waals surface area contributed by atoms with Crippen LogP contribution in [-0.2, 0) is 5.54 Å². The van der Waals surface area contributed by atoms with E-state index in [9.17, 15) is 4.79 Å². The third-order valence-corrected chi connectivity index (χ3v) is 10.6. The average molecular weight is 593 g/mol. The third-order valence-electron chi connectivity index (χ3n) is 9.61. The van der Waals surface area contributed by atoms with Gasteiger partial charge in [0.05, 0.1) is 27.0 Å². The number of fused-ring (bicyclic) bond motifs is 1. The summed E-state index contributed by atoms with van der Waals surface area (Å²) in [5.41, 5.74) is 5.33. The Hall–Kier alpha value is -3.82. The van der Waals surface area contributed by atoms with Gasteiger partial charge >= 0.3 is 0 Å². The molecule has 1 N–H and O–H groups in total. The molecule has 3 aliphatic rings. The van der Waals surface area contributed by atoms with Crippen molar-refractivity contribution in [2.45, 2.75) is 62.8 Å². The number of likely N-dealkylation sites (N-methyl/N-ethyl adjacent to an activating group) is 1. The third kappa shape index (κ3) is 5.52. The second kappa shape index (κ2) is 11.4. The number of anilines is 1. The molecular weight excluding hydrogens is 553 g/mol. The number of pyridine rings is 1. The zero-order valence-corrected chi connectivity index (χ0v) is 27.3. The van der Waals surface area contributed by atoms with E-state index in [2.05, 4.69) is 40.4 Å². The van der Waals surface area contributed by atoms with E-state index in [1.807, 2.05) is 49.8 Å². The maximum Gasteiger partial charge on any atom is 0.252 e. The number of hydrogen-bond donors (Lipinski definition) is 1. The molecule has 1 amide bonds. The SMILES string of the molecule is Cc1ccc(OC([SiH3])[C@@H]2CCN2C)cc1C(=O)NC1(c2cc(-c3cnc(N4CCCCC4)nc3)cc3ncccc23)CC1. The number of likely N-dealkylation sites (tertiary alicyclic amines) is 1. The summed E-state index contributed by atoms with van der Waals surface area (Å²) in [6, 6.07) is 14.7. The molecule has 9 heteroatoms. The molecule has 222 valence electrons. The van der Waals surface area contributed by atoms with E-state index in [1.165, 1.54) is 25.7 Å². The van der Waals surface area contributed by atoms with Crippen LogP contribution in [0.5, 0.6) is 5.75 Å². The number of benzene rings is 2. The van der Waals surface area contributed by atoms with Gasteiger partial charge in [-0.1, -0.05) is 12.1 Å². The fraction of sp³-hybridized carbons (Fsp3) is 0.412. The largest absolute Gasteiger partial charge is 0.494 e. The van der Waals surface area contributed by atoms with Gasteiger partial charge in [-0.25, -0.2) is 9.97 Å². The van der Waals surface area contributed by atoms with Crippen molar-refractivity contribution < 1.29 is 9.53 Å². The summed E-state index contributed by atoms with van der Waals surface area (Å²) in [4.78, 5) is 32.6. The highest BCUT2D eigenvalue weighted by Gasteiger charge is 2.47. The molecule has 2 aliphatic heterocycles. The van der Waals surface area contributed by atoms with E-state index >= 15 is 0 Å². The van der Waals surface area contributed by atoms with Crippen molar-refractivity contribution in [3.05, 3.63) is 77.7 Å². The van der Waals surface area contributed by atoms with Gasteiger partial charge in [-0.2, -0.15) is 0 Å². The lowest BCUT2D eigenvalue weighted by Gasteiger charge is -2.41. The van der Waals surface area contributed by atoms with Gasteiger partial charge in [0, 0.05) is 54.2 Å². The van der Waals surface area contributed by atoms with Crippen molar-refractivity contribution >= 4 is 33.0 Å². The molecule has 3 fully saturated rings. The number of ether oxygens (including phenoxy) is 1. The number of hydrogen-bond acceptors (Lipinski definition) is 7. The first-order valence-electron chi connectivity index (χ1n) is 15.7. The van der Waals surface area contributed by atoms with Crippen LogP contribution < -0.4 is 15.0 Å². The number of aryl methyl sites for hydroxylation is 1. The predicted molar refractivity (Wildman–Crippen MR) is 174 cm³/mol. The monoisotopic (exact) mass is 592 g/mol. The smallest absolute Gasteiger partial charge is 0.252 e. The molecule has 2 atom stereocenters. The number of piperidine rings is 1. The summed E-state index contributed by atoms with van der Waals surface area (Å²) < 4.78 is 6.35. The normalized spacial score (nSPS) is 20.4. The summed E-state index contributed by atoms with van der Waals surface area (Å²) in [5.74, 6) is 1.50. The minimum atomic E-state index is -0.443. The Labute approximate surface area is 256 Å². The van der Waals surface area contributed by atoms with Crippen LogP contribution in [-0.4, -0.2) is 74.5 Å². The predicted octanol–water partition coefficient (Wildman–Crippen LogP) is 4.18. The van der Waals surface area contributed by atoms with Gasteiger partial charge < -0.3 is 19.9 Å². The topological polar surface area (TPSA) is 83.5 Å². The van der Waals surface area contributed by atoms with Crippen LogP contribution in [0.1, 0.15) is 60.0 Å². The van der Waals surface area contributed by atoms with Gasteiger partial charge in [-0.05, 0) is 106 Å². The number of aromatic nitrogens is 3. The summed E-state index contributed by atoms with van der Waals surface area (Å²) in [6.45, 7) is 5.14. The minimum absolute atomic E-state index is 0.0669. The Kier molecular flexibility index (Phi) is 7.39. The quantitative estimate of drug-likeness (QED) is 0.307. The van der Waals surface area contributed by atoms with E-state index in [4.69, 9.17) is 19.7 Å². The zero-order valence-electron chi connectivity index (χ0n) is 25.3. The molecule has 0 bridgehead atoms. The van der Waals surface area contributed by atoms with Crippen LogP contribution in [0.25, 0.3) is 22.0 Å². The minimum Gasteiger partial charge on any atom is -0.494 e. The number of carbonyl (C=O) groups excluding carboxylic acids is 1. The van der Waals surface area contributed by atoms with E-state index in [1.54, 1.807) is 0 Å². The van der Waals surface area contributed by atoms with Crippen LogP contribution in [0.4, 0.5) is 5.95 Å². The Bertz CT molecular complexity index is 1650. The zero-order chi connectivity index (χ0) is 29.6.